The molecule has 1 aliphatic carbocycles. The summed E-state index contributed by atoms with van der Waals surface area (Å²) in [6.45, 7) is 4.82. The van der Waals surface area contributed by atoms with Crippen molar-refractivity contribution >= 4 is 17.6 Å². The van der Waals surface area contributed by atoms with Crippen LogP contribution in [0.5, 0.6) is 5.75 Å². The molecule has 1 saturated heterocycles. The first kappa shape index (κ1) is 19.5. The van der Waals surface area contributed by atoms with Gasteiger partial charge in [0.25, 0.3) is 5.91 Å². The number of benzene rings is 2. The van der Waals surface area contributed by atoms with Crippen molar-refractivity contribution in [1.82, 2.24) is 9.80 Å². The van der Waals surface area contributed by atoms with E-state index in [-0.39, 0.29) is 11.9 Å². The molecule has 29 heavy (non-hydrogen) atoms. The molecule has 1 heterocycles. The van der Waals surface area contributed by atoms with E-state index in [9.17, 15) is 9.59 Å². The number of anilines is 1. The monoisotopic (exact) mass is 393 g/mol. The van der Waals surface area contributed by atoms with Gasteiger partial charge in [0.1, 0.15) is 11.8 Å². The molecule has 2 aromatic carbocycles. The number of hydrogen-bond donors (Lipinski definition) is 0. The molecule has 3 amide bonds. The van der Waals surface area contributed by atoms with Gasteiger partial charge < -0.3 is 4.74 Å². The second-order valence-corrected chi connectivity index (χ2v) is 7.90. The van der Waals surface area contributed by atoms with Crippen molar-refractivity contribution in [2.45, 2.75) is 45.3 Å². The lowest BCUT2D eigenvalue weighted by atomic mass is 10.2. The van der Waals surface area contributed by atoms with E-state index in [2.05, 4.69) is 4.90 Å². The maximum Gasteiger partial charge on any atom is 0.333 e. The van der Waals surface area contributed by atoms with Crippen LogP contribution in [0, 0.1) is 6.92 Å². The van der Waals surface area contributed by atoms with Gasteiger partial charge in [-0.1, -0.05) is 29.8 Å². The second-order valence-electron chi connectivity index (χ2n) is 7.90. The zero-order valence-corrected chi connectivity index (χ0v) is 17.2. The van der Waals surface area contributed by atoms with Crippen LogP contribution in [-0.2, 0) is 11.3 Å². The van der Waals surface area contributed by atoms with Gasteiger partial charge in [-0.3, -0.25) is 14.6 Å². The predicted molar refractivity (Wildman–Crippen MR) is 112 cm³/mol. The highest BCUT2D eigenvalue weighted by atomic mass is 16.5. The molecule has 4 rings (SSSR count). The van der Waals surface area contributed by atoms with Crippen molar-refractivity contribution < 1.29 is 14.3 Å². The Kier molecular flexibility index (Phi) is 5.28. The molecule has 0 bridgehead atoms. The average Bonchev–Trinajstić information content (AvgIpc) is 3.55. The Morgan fingerprint density at radius 3 is 2.28 bits per heavy atom. The lowest BCUT2D eigenvalue weighted by Gasteiger charge is -2.27. The molecule has 0 aromatic heterocycles. The van der Waals surface area contributed by atoms with Crippen molar-refractivity contribution in [3.8, 4) is 5.75 Å². The Hall–Kier alpha value is -2.86. The molecular formula is C23H27N3O3. The fourth-order valence-electron chi connectivity index (χ4n) is 3.78. The van der Waals surface area contributed by atoms with Gasteiger partial charge in [-0.15, -0.1) is 0 Å². The number of urea groups is 1. The van der Waals surface area contributed by atoms with E-state index in [0.717, 1.165) is 35.4 Å². The SMILES string of the molecule is COc1ccc(CN(CN2C(=O)[C@@H](C)N(c3ccc(C)cc3)C2=O)C2CC2)cc1. The quantitative estimate of drug-likeness (QED) is 0.672. The highest BCUT2D eigenvalue weighted by molar-refractivity contribution is 6.14. The number of ether oxygens (including phenoxy) is 1. The summed E-state index contributed by atoms with van der Waals surface area (Å²) in [6, 6.07) is 15.3. The molecule has 0 spiro atoms. The zero-order chi connectivity index (χ0) is 20.5. The molecule has 2 aromatic rings. The van der Waals surface area contributed by atoms with Gasteiger partial charge in [-0.05, 0) is 56.5 Å². The standard InChI is InChI=1S/C23H27N3O3/c1-16-4-8-20(9-5-16)26-17(2)22(27)25(23(26)28)15-24(19-10-11-19)14-18-6-12-21(29-3)13-7-18/h4-9,12-13,17,19H,10-11,14-15H2,1-3H3/t17-/m1/s1. The molecule has 1 atom stereocenters. The molecule has 0 unspecified atom stereocenters. The van der Waals surface area contributed by atoms with Crippen LogP contribution in [0.2, 0.25) is 0 Å². The van der Waals surface area contributed by atoms with E-state index in [0.29, 0.717) is 19.3 Å². The lowest BCUT2D eigenvalue weighted by Crippen LogP contribution is -2.43. The number of imide groups is 1. The summed E-state index contributed by atoms with van der Waals surface area (Å²) >= 11 is 0. The highest BCUT2D eigenvalue weighted by Crippen LogP contribution is 2.31. The number of rotatable bonds is 7. The normalized spacial score (nSPS) is 19.4. The molecule has 2 aliphatic rings. The summed E-state index contributed by atoms with van der Waals surface area (Å²) in [5.74, 6) is 0.676. The molecule has 152 valence electrons. The van der Waals surface area contributed by atoms with Gasteiger partial charge >= 0.3 is 6.03 Å². The number of aryl methyl sites for hydroxylation is 1. The molecule has 1 aliphatic heterocycles. The van der Waals surface area contributed by atoms with E-state index in [1.165, 1.54) is 4.90 Å². The molecule has 6 nitrogen and oxygen atoms in total. The topological polar surface area (TPSA) is 53.1 Å². The predicted octanol–water partition coefficient (Wildman–Crippen LogP) is 3.78. The maximum atomic E-state index is 13.1. The first-order valence-corrected chi connectivity index (χ1v) is 10.1. The first-order valence-electron chi connectivity index (χ1n) is 10.1. The fourth-order valence-corrected chi connectivity index (χ4v) is 3.78. The van der Waals surface area contributed by atoms with Crippen LogP contribution in [0.1, 0.15) is 30.9 Å². The minimum absolute atomic E-state index is 0.143. The molecule has 1 saturated carbocycles. The van der Waals surface area contributed by atoms with E-state index in [1.807, 2.05) is 55.5 Å². The number of amides is 3. The van der Waals surface area contributed by atoms with E-state index in [1.54, 1.807) is 18.9 Å². The minimum atomic E-state index is -0.493. The average molecular weight is 393 g/mol. The van der Waals surface area contributed by atoms with Crippen LogP contribution in [0.25, 0.3) is 0 Å². The van der Waals surface area contributed by atoms with Crippen molar-refractivity contribution in [3.63, 3.8) is 0 Å². The number of methoxy groups -OCH3 is 1. The molecular weight excluding hydrogens is 366 g/mol. The van der Waals surface area contributed by atoms with Crippen LogP contribution in [0.3, 0.4) is 0 Å². The van der Waals surface area contributed by atoms with Crippen LogP contribution >= 0.6 is 0 Å². The third-order valence-electron chi connectivity index (χ3n) is 5.69. The Morgan fingerprint density at radius 1 is 1.03 bits per heavy atom. The van der Waals surface area contributed by atoms with Gasteiger partial charge in [0, 0.05) is 18.3 Å². The van der Waals surface area contributed by atoms with E-state index < -0.39 is 6.04 Å². The van der Waals surface area contributed by atoms with E-state index >= 15 is 0 Å². The molecule has 2 fully saturated rings. The van der Waals surface area contributed by atoms with Crippen molar-refractivity contribution in [2.24, 2.45) is 0 Å². The van der Waals surface area contributed by atoms with Crippen LogP contribution in [-0.4, -0.2) is 47.6 Å². The number of carbonyl (C=O) groups excluding carboxylic acids is 2. The van der Waals surface area contributed by atoms with Gasteiger partial charge in [0.05, 0.1) is 13.8 Å². The smallest absolute Gasteiger partial charge is 0.333 e. The third kappa shape index (κ3) is 3.98. The van der Waals surface area contributed by atoms with Gasteiger partial charge in [-0.2, -0.15) is 0 Å². The summed E-state index contributed by atoms with van der Waals surface area (Å²) in [4.78, 5) is 31.2. The van der Waals surface area contributed by atoms with Crippen molar-refractivity contribution in [3.05, 3.63) is 59.7 Å². The number of hydrogen-bond acceptors (Lipinski definition) is 4. The van der Waals surface area contributed by atoms with Gasteiger partial charge in [-0.25, -0.2) is 9.69 Å². The maximum absolute atomic E-state index is 13.1. The van der Waals surface area contributed by atoms with Crippen molar-refractivity contribution in [1.29, 1.82) is 0 Å². The summed E-state index contributed by atoms with van der Waals surface area (Å²) in [5, 5.41) is 0. The fraction of sp³-hybridized carbons (Fsp3) is 0.391. The first-order chi connectivity index (χ1) is 14.0. The summed E-state index contributed by atoms with van der Waals surface area (Å²) in [5.41, 5.74) is 3.02. The van der Waals surface area contributed by atoms with Gasteiger partial charge in [0.2, 0.25) is 0 Å². The third-order valence-corrected chi connectivity index (χ3v) is 5.69. The Morgan fingerprint density at radius 2 is 1.69 bits per heavy atom. The minimum Gasteiger partial charge on any atom is -0.497 e. The largest absolute Gasteiger partial charge is 0.497 e. The summed E-state index contributed by atoms with van der Waals surface area (Å²) in [7, 11) is 1.65. The number of carbonyl (C=O) groups is 2. The molecule has 6 heteroatoms. The Bertz CT molecular complexity index is 891. The summed E-state index contributed by atoms with van der Waals surface area (Å²) in [6.07, 6.45) is 2.20. The highest BCUT2D eigenvalue weighted by Gasteiger charge is 2.45. The van der Waals surface area contributed by atoms with Crippen LogP contribution in [0.4, 0.5) is 10.5 Å². The Labute approximate surface area is 171 Å². The summed E-state index contributed by atoms with van der Waals surface area (Å²) < 4.78 is 5.23. The number of nitrogens with zero attached hydrogens (tertiary/aromatic N) is 3. The Balaban J connectivity index is 1.50. The van der Waals surface area contributed by atoms with Gasteiger partial charge in [0.15, 0.2) is 0 Å². The van der Waals surface area contributed by atoms with Crippen LogP contribution < -0.4 is 9.64 Å². The second kappa shape index (κ2) is 7.87. The molecule has 0 radical (unpaired) electrons. The molecule has 0 N–H and O–H groups in total. The van der Waals surface area contributed by atoms with Crippen molar-refractivity contribution in [2.75, 3.05) is 18.7 Å². The van der Waals surface area contributed by atoms with E-state index in [4.69, 9.17) is 4.74 Å². The van der Waals surface area contributed by atoms with Crippen LogP contribution in [0.15, 0.2) is 48.5 Å². The lowest BCUT2D eigenvalue weighted by molar-refractivity contribution is -0.128. The zero-order valence-electron chi connectivity index (χ0n) is 17.2.